The van der Waals surface area contributed by atoms with Gasteiger partial charge in [-0.05, 0) is 49.5 Å². The minimum Gasteiger partial charge on any atom is -0.491 e. The smallest absolute Gasteiger partial charge is 0.262 e. The summed E-state index contributed by atoms with van der Waals surface area (Å²) in [5.41, 5.74) is 4.76. The van der Waals surface area contributed by atoms with Crippen molar-refractivity contribution in [2.75, 3.05) is 45.2 Å². The predicted octanol–water partition coefficient (Wildman–Crippen LogP) is 4.05. The Bertz CT molecular complexity index is 1470. The fourth-order valence-electron chi connectivity index (χ4n) is 4.33. The van der Waals surface area contributed by atoms with Crippen molar-refractivity contribution in [3.05, 3.63) is 54.7 Å². The van der Waals surface area contributed by atoms with Crippen molar-refractivity contribution in [3.8, 4) is 28.9 Å². The number of hydrogen-bond donors (Lipinski definition) is 2. The molecule has 0 radical (unpaired) electrons. The molecule has 0 bridgehead atoms. The van der Waals surface area contributed by atoms with E-state index in [-0.39, 0.29) is 0 Å². The van der Waals surface area contributed by atoms with Crippen molar-refractivity contribution in [2.45, 2.75) is 0 Å². The van der Waals surface area contributed by atoms with Crippen molar-refractivity contribution in [1.29, 1.82) is 0 Å². The number of fused-ring (bicyclic) bond motifs is 2. The monoisotopic (exact) mass is 455 g/mol. The molecule has 34 heavy (non-hydrogen) atoms. The van der Waals surface area contributed by atoms with Gasteiger partial charge in [0.25, 0.3) is 5.88 Å². The molecule has 9 heteroatoms. The van der Waals surface area contributed by atoms with Crippen LogP contribution in [0.2, 0.25) is 0 Å². The highest BCUT2D eigenvalue weighted by Gasteiger charge is 2.17. The molecule has 0 atom stereocenters. The Balaban J connectivity index is 1.29. The lowest BCUT2D eigenvalue weighted by molar-refractivity contribution is 0.313. The van der Waals surface area contributed by atoms with Crippen molar-refractivity contribution >= 4 is 27.6 Å². The summed E-state index contributed by atoms with van der Waals surface area (Å²) in [5.74, 6) is 2.36. The van der Waals surface area contributed by atoms with Crippen molar-refractivity contribution in [3.63, 3.8) is 0 Å². The number of rotatable bonds is 5. The fraction of sp³-hybridized carbons (Fsp3) is 0.240. The molecule has 3 aromatic heterocycles. The standard InChI is InChI=1S/C25H25N7O2/c1-31-10-12-32(13-11-31)16-5-8-19-21(14-16)28-24(27-19)23-18-7-6-17(15-20(18)29-30-23)34-25-22(33-2)4-3-9-26-25/h3-9,14-15H,10-13H2,1-2H3,(H,27,28)(H,29,30). The number of piperazine rings is 1. The van der Waals surface area contributed by atoms with Crippen LogP contribution in [-0.4, -0.2) is 70.4 Å². The van der Waals surface area contributed by atoms with E-state index in [0.29, 0.717) is 17.4 Å². The van der Waals surface area contributed by atoms with Gasteiger partial charge in [0.2, 0.25) is 0 Å². The average molecular weight is 456 g/mol. The fourth-order valence-corrected chi connectivity index (χ4v) is 4.33. The maximum absolute atomic E-state index is 5.93. The van der Waals surface area contributed by atoms with E-state index in [0.717, 1.165) is 59.6 Å². The van der Waals surface area contributed by atoms with E-state index in [2.05, 4.69) is 55.2 Å². The molecule has 6 rings (SSSR count). The molecular formula is C25H25N7O2. The Kier molecular flexibility index (Phi) is 5.03. The molecule has 1 aliphatic rings. The first-order valence-electron chi connectivity index (χ1n) is 11.3. The second kappa shape index (κ2) is 8.35. The molecular weight excluding hydrogens is 430 g/mol. The van der Waals surface area contributed by atoms with Crippen LogP contribution in [0.4, 0.5) is 5.69 Å². The van der Waals surface area contributed by atoms with Crippen LogP contribution in [0, 0.1) is 0 Å². The molecule has 0 saturated carbocycles. The molecule has 1 aliphatic heterocycles. The lowest BCUT2D eigenvalue weighted by Crippen LogP contribution is -2.44. The van der Waals surface area contributed by atoms with Gasteiger partial charge in [0.1, 0.15) is 11.4 Å². The summed E-state index contributed by atoms with van der Waals surface area (Å²) < 4.78 is 11.3. The van der Waals surface area contributed by atoms with Gasteiger partial charge in [-0.25, -0.2) is 9.97 Å². The predicted molar refractivity (Wildman–Crippen MR) is 132 cm³/mol. The number of benzene rings is 2. The van der Waals surface area contributed by atoms with Crippen LogP contribution in [0.25, 0.3) is 33.5 Å². The highest BCUT2D eigenvalue weighted by molar-refractivity contribution is 5.94. The zero-order valence-corrected chi connectivity index (χ0v) is 19.1. The number of aromatic amines is 2. The summed E-state index contributed by atoms with van der Waals surface area (Å²) in [6.07, 6.45) is 1.67. The van der Waals surface area contributed by atoms with Crippen LogP contribution in [0.15, 0.2) is 54.7 Å². The van der Waals surface area contributed by atoms with Gasteiger partial charge in [0.15, 0.2) is 11.6 Å². The SMILES string of the molecule is COc1cccnc1Oc1ccc2c(-c3nc4ccc(N5CCN(C)CC5)cc4[nH]3)n[nH]c2c1. The van der Waals surface area contributed by atoms with Crippen molar-refractivity contribution in [2.24, 2.45) is 0 Å². The van der Waals surface area contributed by atoms with Gasteiger partial charge in [0.05, 0.1) is 23.7 Å². The van der Waals surface area contributed by atoms with Gasteiger partial charge in [-0.2, -0.15) is 5.10 Å². The number of methoxy groups -OCH3 is 1. The van der Waals surface area contributed by atoms with Crippen LogP contribution in [0.5, 0.6) is 17.4 Å². The van der Waals surface area contributed by atoms with Gasteiger partial charge in [-0.3, -0.25) is 5.10 Å². The van der Waals surface area contributed by atoms with Crippen molar-refractivity contribution in [1.82, 2.24) is 30.0 Å². The summed E-state index contributed by atoms with van der Waals surface area (Å²) in [4.78, 5) is 17.3. The number of ether oxygens (including phenoxy) is 2. The zero-order chi connectivity index (χ0) is 23.1. The van der Waals surface area contributed by atoms with E-state index in [4.69, 9.17) is 14.5 Å². The first-order chi connectivity index (χ1) is 16.7. The zero-order valence-electron chi connectivity index (χ0n) is 19.1. The molecule has 2 aromatic carbocycles. The Morgan fingerprint density at radius 3 is 2.71 bits per heavy atom. The van der Waals surface area contributed by atoms with E-state index < -0.39 is 0 Å². The van der Waals surface area contributed by atoms with E-state index >= 15 is 0 Å². The normalized spacial score (nSPS) is 14.7. The summed E-state index contributed by atoms with van der Waals surface area (Å²) in [6, 6.07) is 15.8. The number of nitrogens with zero attached hydrogens (tertiary/aromatic N) is 5. The Morgan fingerprint density at radius 2 is 1.85 bits per heavy atom. The lowest BCUT2D eigenvalue weighted by atomic mass is 10.2. The number of anilines is 1. The summed E-state index contributed by atoms with van der Waals surface area (Å²) in [7, 11) is 3.76. The van der Waals surface area contributed by atoms with Crippen molar-refractivity contribution < 1.29 is 9.47 Å². The van der Waals surface area contributed by atoms with Gasteiger partial charge in [-0.15, -0.1) is 0 Å². The minimum atomic E-state index is 0.414. The summed E-state index contributed by atoms with van der Waals surface area (Å²) >= 11 is 0. The highest BCUT2D eigenvalue weighted by Crippen LogP contribution is 2.33. The summed E-state index contributed by atoms with van der Waals surface area (Å²) in [5, 5.41) is 8.59. The highest BCUT2D eigenvalue weighted by atomic mass is 16.5. The van der Waals surface area contributed by atoms with E-state index in [1.54, 1.807) is 19.4 Å². The largest absolute Gasteiger partial charge is 0.491 e. The first-order valence-corrected chi connectivity index (χ1v) is 11.3. The van der Waals surface area contributed by atoms with Gasteiger partial charge in [0, 0.05) is 49.5 Å². The van der Waals surface area contributed by atoms with Gasteiger partial charge >= 0.3 is 0 Å². The average Bonchev–Trinajstić information content (AvgIpc) is 3.48. The summed E-state index contributed by atoms with van der Waals surface area (Å²) in [6.45, 7) is 4.21. The molecule has 2 N–H and O–H groups in total. The van der Waals surface area contributed by atoms with Crippen LogP contribution in [-0.2, 0) is 0 Å². The van der Waals surface area contributed by atoms with E-state index in [1.165, 1.54) is 5.69 Å². The molecule has 1 saturated heterocycles. The molecule has 0 amide bonds. The number of aromatic nitrogens is 5. The number of pyridine rings is 1. The Labute approximate surface area is 196 Å². The molecule has 4 heterocycles. The van der Waals surface area contributed by atoms with E-state index in [9.17, 15) is 0 Å². The maximum atomic E-state index is 5.93. The molecule has 5 aromatic rings. The quantitative estimate of drug-likeness (QED) is 0.413. The van der Waals surface area contributed by atoms with Crippen LogP contribution in [0.3, 0.4) is 0 Å². The third-order valence-corrected chi connectivity index (χ3v) is 6.26. The number of hydrogen-bond acceptors (Lipinski definition) is 7. The van der Waals surface area contributed by atoms with Crippen LogP contribution < -0.4 is 14.4 Å². The molecule has 0 aliphatic carbocycles. The topological polar surface area (TPSA) is 95.2 Å². The lowest BCUT2D eigenvalue weighted by Gasteiger charge is -2.34. The molecule has 172 valence electrons. The first kappa shape index (κ1) is 20.5. The number of nitrogens with one attached hydrogen (secondary N) is 2. The van der Waals surface area contributed by atoms with E-state index in [1.807, 2.05) is 24.3 Å². The van der Waals surface area contributed by atoms with Crippen LogP contribution in [0.1, 0.15) is 0 Å². The maximum Gasteiger partial charge on any atom is 0.262 e. The third kappa shape index (κ3) is 3.69. The van der Waals surface area contributed by atoms with Crippen LogP contribution >= 0.6 is 0 Å². The minimum absolute atomic E-state index is 0.414. The molecule has 0 unspecified atom stereocenters. The number of H-pyrrole nitrogens is 2. The molecule has 0 spiro atoms. The van der Waals surface area contributed by atoms with Gasteiger partial charge in [-0.1, -0.05) is 0 Å². The third-order valence-electron chi connectivity index (χ3n) is 6.26. The molecule has 1 fully saturated rings. The number of imidazole rings is 1. The Morgan fingerprint density at radius 1 is 0.971 bits per heavy atom. The Hall–Kier alpha value is -4.11. The molecule has 9 nitrogen and oxygen atoms in total. The second-order valence-electron chi connectivity index (χ2n) is 8.47. The number of likely N-dealkylation sites (N-methyl/N-ethyl adjacent to an activating group) is 1. The second-order valence-corrected chi connectivity index (χ2v) is 8.47. The van der Waals surface area contributed by atoms with Gasteiger partial charge < -0.3 is 24.3 Å².